The van der Waals surface area contributed by atoms with Crippen LogP contribution in [0, 0.1) is 0 Å². The summed E-state index contributed by atoms with van der Waals surface area (Å²) in [5.41, 5.74) is 6.72. The third kappa shape index (κ3) is 3.61. The first-order valence-electron chi connectivity index (χ1n) is 5.63. The van der Waals surface area contributed by atoms with Crippen LogP contribution in [0.5, 0.6) is 0 Å². The van der Waals surface area contributed by atoms with E-state index in [4.69, 9.17) is 5.73 Å². The van der Waals surface area contributed by atoms with Crippen LogP contribution in [0.1, 0.15) is 23.2 Å². The fourth-order valence-corrected chi connectivity index (χ4v) is 2.02. The van der Waals surface area contributed by atoms with Gasteiger partial charge in [0.05, 0.1) is 5.56 Å². The van der Waals surface area contributed by atoms with Gasteiger partial charge in [0.2, 0.25) is 0 Å². The number of primary amides is 1. The smallest absolute Gasteiger partial charge is 0.250 e. The lowest BCUT2D eigenvalue weighted by molar-refractivity contribution is 0.100. The number of amides is 1. The summed E-state index contributed by atoms with van der Waals surface area (Å²) < 4.78 is 0. The van der Waals surface area contributed by atoms with Gasteiger partial charge in [-0.05, 0) is 31.5 Å². The second-order valence-corrected chi connectivity index (χ2v) is 4.10. The maximum absolute atomic E-state index is 11.2. The summed E-state index contributed by atoms with van der Waals surface area (Å²) in [4.78, 5) is 11.2. The van der Waals surface area contributed by atoms with Crippen molar-refractivity contribution in [1.82, 2.24) is 5.32 Å². The Morgan fingerprint density at radius 3 is 2.82 bits per heavy atom. The van der Waals surface area contributed by atoms with Crippen molar-refractivity contribution >= 4 is 24.0 Å². The molecule has 0 bridgehead atoms. The predicted octanol–water partition coefficient (Wildman–Crippen LogP) is 1.37. The standard InChI is InChI=1S/C12H17N3O.ClH/c13-12(16)10-5-1-2-6-11(10)15-9-4-3-7-14-8-9;/h1-2,5-6,9,14-15H,3-4,7-8H2,(H2,13,16);1H. The van der Waals surface area contributed by atoms with Crippen LogP contribution < -0.4 is 16.4 Å². The molecule has 1 fully saturated rings. The molecule has 4 nitrogen and oxygen atoms in total. The molecule has 5 heteroatoms. The summed E-state index contributed by atoms with van der Waals surface area (Å²) in [7, 11) is 0. The van der Waals surface area contributed by atoms with E-state index in [2.05, 4.69) is 10.6 Å². The molecule has 17 heavy (non-hydrogen) atoms. The summed E-state index contributed by atoms with van der Waals surface area (Å²) in [5, 5.41) is 6.69. The number of benzene rings is 1. The van der Waals surface area contributed by atoms with Crippen LogP contribution in [0.3, 0.4) is 0 Å². The van der Waals surface area contributed by atoms with E-state index in [-0.39, 0.29) is 18.3 Å². The minimum atomic E-state index is -0.383. The van der Waals surface area contributed by atoms with Crippen molar-refractivity contribution in [2.45, 2.75) is 18.9 Å². The highest BCUT2D eigenvalue weighted by Gasteiger charge is 2.15. The van der Waals surface area contributed by atoms with E-state index in [0.717, 1.165) is 31.6 Å². The zero-order chi connectivity index (χ0) is 11.4. The molecule has 1 atom stereocenters. The number of nitrogens with two attached hydrogens (primary N) is 1. The molecule has 1 aromatic carbocycles. The molecule has 0 spiro atoms. The van der Waals surface area contributed by atoms with Gasteiger partial charge in [0.25, 0.3) is 5.91 Å². The number of carbonyl (C=O) groups is 1. The number of rotatable bonds is 3. The average molecular weight is 256 g/mol. The van der Waals surface area contributed by atoms with Gasteiger partial charge < -0.3 is 16.4 Å². The number of carbonyl (C=O) groups excluding carboxylic acids is 1. The van der Waals surface area contributed by atoms with Crippen LogP contribution in [-0.2, 0) is 0 Å². The second-order valence-electron chi connectivity index (χ2n) is 4.10. The maximum Gasteiger partial charge on any atom is 0.250 e. The lowest BCUT2D eigenvalue weighted by Gasteiger charge is -2.25. The molecule has 0 aromatic heterocycles. The van der Waals surface area contributed by atoms with Crippen LogP contribution in [-0.4, -0.2) is 25.0 Å². The van der Waals surface area contributed by atoms with E-state index in [1.165, 1.54) is 0 Å². The lowest BCUT2D eigenvalue weighted by Crippen LogP contribution is -2.38. The Kier molecular flexibility index (Phi) is 5.25. The van der Waals surface area contributed by atoms with Crippen LogP contribution in [0.4, 0.5) is 5.69 Å². The first kappa shape index (κ1) is 13.8. The van der Waals surface area contributed by atoms with Crippen molar-refractivity contribution < 1.29 is 4.79 Å². The molecule has 94 valence electrons. The van der Waals surface area contributed by atoms with Crippen LogP contribution in [0.25, 0.3) is 0 Å². The Morgan fingerprint density at radius 1 is 1.41 bits per heavy atom. The fraction of sp³-hybridized carbons (Fsp3) is 0.417. The van der Waals surface area contributed by atoms with Crippen molar-refractivity contribution in [2.24, 2.45) is 5.73 Å². The topological polar surface area (TPSA) is 67.2 Å². The molecule has 1 heterocycles. The van der Waals surface area contributed by atoms with Crippen molar-refractivity contribution in [3.05, 3.63) is 29.8 Å². The highest BCUT2D eigenvalue weighted by molar-refractivity contribution is 5.98. The fourth-order valence-electron chi connectivity index (χ4n) is 2.02. The van der Waals surface area contributed by atoms with E-state index in [9.17, 15) is 4.79 Å². The zero-order valence-corrected chi connectivity index (χ0v) is 10.4. The Labute approximate surface area is 107 Å². The Balaban J connectivity index is 0.00000144. The second kappa shape index (κ2) is 6.47. The number of halogens is 1. The number of para-hydroxylation sites is 1. The van der Waals surface area contributed by atoms with Gasteiger partial charge in [-0.1, -0.05) is 12.1 Å². The Hall–Kier alpha value is -1.26. The molecule has 0 aliphatic carbocycles. The molecule has 1 unspecified atom stereocenters. The number of nitrogens with one attached hydrogen (secondary N) is 2. The monoisotopic (exact) mass is 255 g/mol. The van der Waals surface area contributed by atoms with Gasteiger partial charge in [0.1, 0.15) is 0 Å². The first-order chi connectivity index (χ1) is 7.77. The van der Waals surface area contributed by atoms with Gasteiger partial charge >= 0.3 is 0 Å². The maximum atomic E-state index is 11.2. The van der Waals surface area contributed by atoms with Crippen LogP contribution >= 0.6 is 12.4 Å². The van der Waals surface area contributed by atoms with Crippen molar-refractivity contribution in [3.8, 4) is 0 Å². The summed E-state index contributed by atoms with van der Waals surface area (Å²) in [6.45, 7) is 2.02. The SMILES string of the molecule is Cl.NC(=O)c1ccccc1NC1CCCNC1. The van der Waals surface area contributed by atoms with Crippen LogP contribution in [0.2, 0.25) is 0 Å². The molecular weight excluding hydrogens is 238 g/mol. The molecule has 1 aromatic rings. The van der Waals surface area contributed by atoms with E-state index < -0.39 is 0 Å². The zero-order valence-electron chi connectivity index (χ0n) is 9.61. The quantitative estimate of drug-likeness (QED) is 0.764. The number of hydrogen-bond donors (Lipinski definition) is 3. The normalized spacial score (nSPS) is 19.2. The third-order valence-electron chi connectivity index (χ3n) is 2.85. The van der Waals surface area contributed by atoms with E-state index in [1.54, 1.807) is 6.07 Å². The third-order valence-corrected chi connectivity index (χ3v) is 2.85. The Morgan fingerprint density at radius 2 is 2.18 bits per heavy atom. The van der Waals surface area contributed by atoms with Crippen molar-refractivity contribution in [3.63, 3.8) is 0 Å². The minimum Gasteiger partial charge on any atom is -0.380 e. The van der Waals surface area contributed by atoms with Gasteiger partial charge in [-0.15, -0.1) is 12.4 Å². The van der Waals surface area contributed by atoms with E-state index in [0.29, 0.717) is 11.6 Å². The predicted molar refractivity (Wildman–Crippen MR) is 71.7 cm³/mol. The molecular formula is C12H18ClN3O. The summed E-state index contributed by atoms with van der Waals surface area (Å²) in [6, 6.07) is 7.76. The molecule has 1 aliphatic heterocycles. The van der Waals surface area contributed by atoms with Gasteiger partial charge in [0, 0.05) is 18.3 Å². The number of anilines is 1. The van der Waals surface area contributed by atoms with E-state index in [1.807, 2.05) is 18.2 Å². The minimum absolute atomic E-state index is 0. The van der Waals surface area contributed by atoms with Gasteiger partial charge in [-0.25, -0.2) is 0 Å². The van der Waals surface area contributed by atoms with Gasteiger partial charge in [-0.2, -0.15) is 0 Å². The highest BCUT2D eigenvalue weighted by atomic mass is 35.5. The largest absolute Gasteiger partial charge is 0.380 e. The Bertz CT molecular complexity index is 378. The lowest BCUT2D eigenvalue weighted by atomic mass is 10.1. The molecule has 0 radical (unpaired) electrons. The van der Waals surface area contributed by atoms with Gasteiger partial charge in [-0.3, -0.25) is 4.79 Å². The number of hydrogen-bond acceptors (Lipinski definition) is 3. The molecule has 1 saturated heterocycles. The molecule has 4 N–H and O–H groups in total. The van der Waals surface area contributed by atoms with Crippen molar-refractivity contribution in [1.29, 1.82) is 0 Å². The van der Waals surface area contributed by atoms with Crippen LogP contribution in [0.15, 0.2) is 24.3 Å². The summed E-state index contributed by atoms with van der Waals surface area (Å²) >= 11 is 0. The molecule has 1 amide bonds. The van der Waals surface area contributed by atoms with E-state index >= 15 is 0 Å². The highest BCUT2D eigenvalue weighted by Crippen LogP contribution is 2.17. The van der Waals surface area contributed by atoms with Gasteiger partial charge in [0.15, 0.2) is 0 Å². The molecule has 1 aliphatic rings. The van der Waals surface area contributed by atoms with Crippen molar-refractivity contribution in [2.75, 3.05) is 18.4 Å². The summed E-state index contributed by atoms with van der Waals surface area (Å²) in [5.74, 6) is -0.383. The average Bonchev–Trinajstić information content (AvgIpc) is 2.31. The summed E-state index contributed by atoms with van der Waals surface area (Å²) in [6.07, 6.45) is 2.29. The first-order valence-corrected chi connectivity index (χ1v) is 5.63. The number of piperidine rings is 1. The molecule has 2 rings (SSSR count). The molecule has 0 saturated carbocycles.